The maximum Gasteiger partial charge on any atom is 0.0727 e. The number of anilines is 9. The molecular formula is C97H67N3. The summed E-state index contributed by atoms with van der Waals surface area (Å²) in [6.45, 7) is 0. The van der Waals surface area contributed by atoms with Crippen molar-refractivity contribution < 1.29 is 0 Å². The first-order valence-electron chi connectivity index (χ1n) is 34.5. The lowest BCUT2D eigenvalue weighted by atomic mass is 9.70. The number of nitrogens with zero attached hydrogens (tertiary/aromatic N) is 3. The van der Waals surface area contributed by atoms with Crippen LogP contribution in [-0.4, -0.2) is 0 Å². The Bertz CT molecular complexity index is 5100. The van der Waals surface area contributed by atoms with E-state index in [1.165, 1.54) is 111 Å². The molecule has 0 bridgehead atoms. The first-order valence-corrected chi connectivity index (χ1v) is 34.5. The van der Waals surface area contributed by atoms with Gasteiger partial charge in [-0.1, -0.05) is 303 Å². The predicted molar refractivity (Wildman–Crippen MR) is 419 cm³/mol. The largest absolute Gasteiger partial charge is 0.310 e. The molecule has 0 unspecified atom stereocenters. The second-order valence-corrected chi connectivity index (χ2v) is 25.9. The molecule has 0 saturated heterocycles. The summed E-state index contributed by atoms with van der Waals surface area (Å²) >= 11 is 0. The molecule has 3 nitrogen and oxygen atoms in total. The summed E-state index contributed by atoms with van der Waals surface area (Å²) in [5, 5.41) is 0. The van der Waals surface area contributed by atoms with Crippen molar-refractivity contribution in [2.45, 2.75) is 5.41 Å². The molecule has 0 radical (unpaired) electrons. The molecular weight excluding hydrogens is 1210 g/mol. The van der Waals surface area contributed by atoms with Gasteiger partial charge in [0.05, 0.1) is 11.1 Å². The van der Waals surface area contributed by atoms with Gasteiger partial charge in [0.2, 0.25) is 0 Å². The van der Waals surface area contributed by atoms with Crippen molar-refractivity contribution in [3.8, 4) is 89.0 Å². The van der Waals surface area contributed by atoms with E-state index in [2.05, 4.69) is 421 Å². The van der Waals surface area contributed by atoms with E-state index in [0.29, 0.717) is 0 Å². The first kappa shape index (κ1) is 59.4. The average Bonchev–Trinajstić information content (AvgIpc) is 1.50. The van der Waals surface area contributed by atoms with Crippen molar-refractivity contribution >= 4 is 51.2 Å². The van der Waals surface area contributed by atoms with E-state index in [0.717, 1.165) is 51.2 Å². The van der Waals surface area contributed by atoms with Gasteiger partial charge in [0.25, 0.3) is 0 Å². The fourth-order valence-corrected chi connectivity index (χ4v) is 15.6. The van der Waals surface area contributed by atoms with E-state index in [1.54, 1.807) is 0 Å². The standard InChI is InChI=1S/C97H67N3/c1-7-22-68(23-8-1)74-38-50-80(51-39-74)98(81-52-40-75(41-53-81)69-24-9-2-10-25-69)86-62-64-88-89-65-63-87(99(82-54-42-76(43-55-82)70-26-11-3-12-27-70)83-56-44-77(45-57-83)71-28-13-4-14-29-71)67-94(89)97(93(88)66-86)91-35-20-19-34-90(91)96-92(97)36-21-37-95(96)100(84-58-46-78(47-59-84)72-30-15-5-16-31-72)85-60-48-79(49-61-85)73-32-17-6-18-33-73/h1-67H. The van der Waals surface area contributed by atoms with Gasteiger partial charge in [-0.25, -0.2) is 0 Å². The molecule has 100 heavy (non-hydrogen) atoms. The molecule has 0 amide bonds. The van der Waals surface area contributed by atoms with Crippen molar-refractivity contribution in [2.75, 3.05) is 14.7 Å². The van der Waals surface area contributed by atoms with Crippen LogP contribution >= 0.6 is 0 Å². The van der Waals surface area contributed by atoms with Crippen LogP contribution in [0, 0.1) is 0 Å². The third-order valence-electron chi connectivity index (χ3n) is 20.3. The third kappa shape index (κ3) is 10.6. The fraction of sp³-hybridized carbons (Fsp3) is 0.0103. The molecule has 16 aromatic carbocycles. The van der Waals surface area contributed by atoms with Crippen molar-refractivity contribution in [3.05, 3.63) is 429 Å². The molecule has 0 saturated carbocycles. The molecule has 1 spiro atoms. The monoisotopic (exact) mass is 1270 g/mol. The Balaban J connectivity index is 0.871. The maximum absolute atomic E-state index is 2.52. The van der Waals surface area contributed by atoms with E-state index >= 15 is 0 Å². The van der Waals surface area contributed by atoms with Gasteiger partial charge in [0, 0.05) is 51.1 Å². The van der Waals surface area contributed by atoms with Crippen molar-refractivity contribution in [2.24, 2.45) is 0 Å². The molecule has 18 rings (SSSR count). The first-order chi connectivity index (χ1) is 49.6. The summed E-state index contributed by atoms with van der Waals surface area (Å²) in [6.07, 6.45) is 0. The topological polar surface area (TPSA) is 9.72 Å². The zero-order valence-corrected chi connectivity index (χ0v) is 55.0. The normalized spacial score (nSPS) is 12.1. The molecule has 0 N–H and O–H groups in total. The number of hydrogen-bond donors (Lipinski definition) is 0. The Morgan fingerprint density at radius 3 is 0.690 bits per heavy atom. The molecule has 0 fully saturated rings. The minimum atomic E-state index is -0.821. The maximum atomic E-state index is 2.52. The lowest BCUT2D eigenvalue weighted by Gasteiger charge is -2.34. The van der Waals surface area contributed by atoms with Gasteiger partial charge in [-0.15, -0.1) is 0 Å². The Morgan fingerprint density at radius 1 is 0.150 bits per heavy atom. The minimum absolute atomic E-state index is 0.821. The molecule has 2 aliphatic carbocycles. The molecule has 470 valence electrons. The van der Waals surface area contributed by atoms with Crippen LogP contribution < -0.4 is 14.7 Å². The summed E-state index contributed by atoms with van der Waals surface area (Å²) in [7, 11) is 0. The predicted octanol–water partition coefficient (Wildman–Crippen LogP) is 26.4. The highest BCUT2D eigenvalue weighted by molar-refractivity contribution is 6.03. The van der Waals surface area contributed by atoms with Crippen LogP contribution in [-0.2, 0) is 5.41 Å². The van der Waals surface area contributed by atoms with E-state index in [-0.39, 0.29) is 0 Å². The Hall–Kier alpha value is -13.1. The van der Waals surface area contributed by atoms with E-state index in [1.807, 2.05) is 0 Å². The quantitative estimate of drug-likeness (QED) is 0.101. The Morgan fingerprint density at radius 2 is 0.390 bits per heavy atom. The highest BCUT2D eigenvalue weighted by Gasteiger charge is 2.53. The third-order valence-corrected chi connectivity index (χ3v) is 20.3. The van der Waals surface area contributed by atoms with Gasteiger partial charge in [0.1, 0.15) is 0 Å². The van der Waals surface area contributed by atoms with E-state index < -0.39 is 5.41 Å². The molecule has 2 aliphatic rings. The summed E-state index contributed by atoms with van der Waals surface area (Å²) in [5.41, 5.74) is 32.6. The Kier molecular flexibility index (Phi) is 15.1. The summed E-state index contributed by atoms with van der Waals surface area (Å²) in [5.74, 6) is 0. The zero-order valence-electron chi connectivity index (χ0n) is 55.0. The fourth-order valence-electron chi connectivity index (χ4n) is 15.6. The number of benzene rings is 16. The van der Waals surface area contributed by atoms with Gasteiger partial charge in [-0.2, -0.15) is 0 Å². The number of fused-ring (bicyclic) bond motifs is 10. The van der Waals surface area contributed by atoms with Crippen molar-refractivity contribution in [1.82, 2.24) is 0 Å². The van der Waals surface area contributed by atoms with Gasteiger partial charge in [0.15, 0.2) is 0 Å². The van der Waals surface area contributed by atoms with E-state index in [4.69, 9.17) is 0 Å². The summed E-state index contributed by atoms with van der Waals surface area (Å²) < 4.78 is 0. The molecule has 0 heterocycles. The van der Waals surface area contributed by atoms with Gasteiger partial charge < -0.3 is 14.7 Å². The van der Waals surface area contributed by atoms with Crippen LogP contribution in [0.25, 0.3) is 89.0 Å². The van der Waals surface area contributed by atoms with Gasteiger partial charge >= 0.3 is 0 Å². The summed E-state index contributed by atoms with van der Waals surface area (Å²) in [6, 6.07) is 150. The van der Waals surface area contributed by atoms with Crippen LogP contribution in [0.1, 0.15) is 22.3 Å². The smallest absolute Gasteiger partial charge is 0.0727 e. The average molecular weight is 1270 g/mol. The van der Waals surface area contributed by atoms with Crippen LogP contribution in [0.3, 0.4) is 0 Å². The minimum Gasteiger partial charge on any atom is -0.310 e. The molecule has 0 atom stereocenters. The second-order valence-electron chi connectivity index (χ2n) is 25.9. The molecule has 0 aromatic heterocycles. The number of hydrogen-bond acceptors (Lipinski definition) is 3. The van der Waals surface area contributed by atoms with E-state index in [9.17, 15) is 0 Å². The van der Waals surface area contributed by atoms with Crippen molar-refractivity contribution in [3.63, 3.8) is 0 Å². The highest BCUT2D eigenvalue weighted by Crippen LogP contribution is 2.66. The van der Waals surface area contributed by atoms with Gasteiger partial charge in [-0.05, 0) is 209 Å². The lowest BCUT2D eigenvalue weighted by molar-refractivity contribution is 0.793. The highest BCUT2D eigenvalue weighted by atomic mass is 15.2. The lowest BCUT2D eigenvalue weighted by Crippen LogP contribution is -2.27. The molecule has 0 aliphatic heterocycles. The zero-order chi connectivity index (χ0) is 66.4. The van der Waals surface area contributed by atoms with Crippen LogP contribution in [0.2, 0.25) is 0 Å². The van der Waals surface area contributed by atoms with Crippen molar-refractivity contribution in [1.29, 1.82) is 0 Å². The SMILES string of the molecule is c1ccc(-c2ccc(N(c3ccc(-c4ccccc4)cc3)c3ccc4c(c3)C3(c5cc(N(c6ccc(-c7ccccc7)cc6)c6ccc(-c7ccccc7)cc6)ccc5-4)c4ccccc4-c4c(N(c5ccc(-c6ccccc6)cc5)c5ccc(-c6ccccc6)cc5)cccc43)cc2)cc1. The molecule has 3 heteroatoms. The Labute approximate surface area is 585 Å². The van der Waals surface area contributed by atoms with Crippen LogP contribution in [0.5, 0.6) is 0 Å². The molecule has 16 aromatic rings. The second kappa shape index (κ2) is 25.5. The van der Waals surface area contributed by atoms with Crippen LogP contribution in [0.4, 0.5) is 51.2 Å². The van der Waals surface area contributed by atoms with Gasteiger partial charge in [-0.3, -0.25) is 0 Å². The van der Waals surface area contributed by atoms with Crippen LogP contribution in [0.15, 0.2) is 406 Å². The summed E-state index contributed by atoms with van der Waals surface area (Å²) in [4.78, 5) is 7.38. The number of rotatable bonds is 15.